The van der Waals surface area contributed by atoms with Crippen LogP contribution in [0.1, 0.15) is 18.6 Å². The number of aromatic amines is 1. The number of hydrogen-bond donors (Lipinski definition) is 2. The van der Waals surface area contributed by atoms with E-state index in [4.69, 9.17) is 0 Å². The third kappa shape index (κ3) is 1.21. The summed E-state index contributed by atoms with van der Waals surface area (Å²) in [5.74, 6) is -0.363. The van der Waals surface area contributed by atoms with Crippen molar-refractivity contribution in [1.82, 2.24) is 4.98 Å². The smallest absolute Gasteiger partial charge is 0.153 e. The van der Waals surface area contributed by atoms with Gasteiger partial charge in [0.2, 0.25) is 0 Å². The number of aliphatic hydroxyl groups is 1. The first-order valence-electron chi connectivity index (χ1n) is 4.13. The van der Waals surface area contributed by atoms with Crippen LogP contribution < -0.4 is 0 Å². The highest BCUT2D eigenvalue weighted by Gasteiger charge is 2.11. The van der Waals surface area contributed by atoms with Crippen molar-refractivity contribution in [3.8, 4) is 0 Å². The highest BCUT2D eigenvalue weighted by molar-refractivity contribution is 5.80. The van der Waals surface area contributed by atoms with E-state index in [0.29, 0.717) is 11.1 Å². The lowest BCUT2D eigenvalue weighted by atomic mass is 10.1. The molecule has 1 unspecified atom stereocenters. The molecule has 0 aliphatic rings. The summed E-state index contributed by atoms with van der Waals surface area (Å²) in [5, 5.41) is 10.1. The molecule has 0 radical (unpaired) electrons. The largest absolute Gasteiger partial charge is 0.389 e. The van der Waals surface area contributed by atoms with Gasteiger partial charge in [-0.25, -0.2) is 4.39 Å². The molecule has 2 aromatic rings. The van der Waals surface area contributed by atoms with Crippen LogP contribution in [0, 0.1) is 5.82 Å². The van der Waals surface area contributed by atoms with E-state index in [1.54, 1.807) is 31.3 Å². The second-order valence-electron chi connectivity index (χ2n) is 3.09. The predicted octanol–water partition coefficient (Wildman–Crippen LogP) is 2.36. The number of halogens is 1. The molecular weight excluding hydrogens is 169 g/mol. The molecule has 68 valence electrons. The number of rotatable bonds is 1. The van der Waals surface area contributed by atoms with Gasteiger partial charge in [-0.1, -0.05) is 12.1 Å². The summed E-state index contributed by atoms with van der Waals surface area (Å²) in [5.41, 5.74) is 0.786. The molecule has 2 rings (SSSR count). The number of benzene rings is 1. The van der Waals surface area contributed by atoms with Gasteiger partial charge < -0.3 is 10.1 Å². The molecule has 2 nitrogen and oxygen atoms in total. The van der Waals surface area contributed by atoms with E-state index in [1.165, 1.54) is 0 Å². The molecule has 1 atom stereocenters. The quantitative estimate of drug-likeness (QED) is 0.692. The monoisotopic (exact) mass is 179 g/mol. The van der Waals surface area contributed by atoms with Crippen molar-refractivity contribution in [2.24, 2.45) is 0 Å². The standard InChI is InChI=1S/C10H10FNO/c1-6(13)8-3-2-7-4-5-12-10(7)9(8)11/h2-6,12-13H,1H3. The van der Waals surface area contributed by atoms with E-state index < -0.39 is 6.10 Å². The fourth-order valence-corrected chi connectivity index (χ4v) is 1.43. The van der Waals surface area contributed by atoms with E-state index in [2.05, 4.69) is 4.98 Å². The minimum Gasteiger partial charge on any atom is -0.389 e. The molecule has 0 saturated heterocycles. The van der Waals surface area contributed by atoms with Crippen LogP contribution in [0.3, 0.4) is 0 Å². The van der Waals surface area contributed by atoms with Crippen molar-refractivity contribution >= 4 is 10.9 Å². The Kier molecular flexibility index (Phi) is 1.81. The zero-order valence-electron chi connectivity index (χ0n) is 7.21. The number of hydrogen-bond acceptors (Lipinski definition) is 1. The van der Waals surface area contributed by atoms with Crippen LogP contribution in [0.4, 0.5) is 4.39 Å². The lowest BCUT2D eigenvalue weighted by Gasteiger charge is -2.06. The third-order valence-corrected chi connectivity index (χ3v) is 2.14. The van der Waals surface area contributed by atoms with Crippen LogP contribution in [0.15, 0.2) is 24.4 Å². The van der Waals surface area contributed by atoms with Gasteiger partial charge in [0.15, 0.2) is 5.82 Å². The van der Waals surface area contributed by atoms with Gasteiger partial charge in [-0.15, -0.1) is 0 Å². The molecule has 1 aromatic heterocycles. The van der Waals surface area contributed by atoms with Crippen LogP contribution in [-0.2, 0) is 0 Å². The minimum absolute atomic E-state index is 0.329. The Morgan fingerprint density at radius 2 is 2.15 bits per heavy atom. The third-order valence-electron chi connectivity index (χ3n) is 2.14. The van der Waals surface area contributed by atoms with E-state index in [0.717, 1.165) is 5.39 Å². The van der Waals surface area contributed by atoms with E-state index in [-0.39, 0.29) is 5.82 Å². The first kappa shape index (κ1) is 8.26. The van der Waals surface area contributed by atoms with Gasteiger partial charge in [0, 0.05) is 17.1 Å². The average molecular weight is 179 g/mol. The summed E-state index contributed by atoms with van der Waals surface area (Å²) in [6, 6.07) is 5.19. The van der Waals surface area contributed by atoms with Gasteiger partial charge in [-0.2, -0.15) is 0 Å². The van der Waals surface area contributed by atoms with Gasteiger partial charge >= 0.3 is 0 Å². The number of aliphatic hydroxyl groups excluding tert-OH is 1. The molecule has 0 spiro atoms. The predicted molar refractivity (Wildman–Crippen MR) is 48.9 cm³/mol. The zero-order chi connectivity index (χ0) is 9.42. The van der Waals surface area contributed by atoms with Crippen molar-refractivity contribution in [3.63, 3.8) is 0 Å². The molecule has 0 bridgehead atoms. The number of H-pyrrole nitrogens is 1. The first-order chi connectivity index (χ1) is 6.20. The Labute approximate surface area is 75.0 Å². The van der Waals surface area contributed by atoms with E-state index >= 15 is 0 Å². The first-order valence-corrected chi connectivity index (χ1v) is 4.13. The number of aromatic nitrogens is 1. The SMILES string of the molecule is CC(O)c1ccc2cc[nH]c2c1F. The molecule has 3 heteroatoms. The lowest BCUT2D eigenvalue weighted by Crippen LogP contribution is -1.95. The Hall–Kier alpha value is -1.35. The molecule has 13 heavy (non-hydrogen) atoms. The van der Waals surface area contributed by atoms with Crippen LogP contribution in [-0.4, -0.2) is 10.1 Å². The molecule has 0 aliphatic carbocycles. The average Bonchev–Trinajstić information content (AvgIpc) is 2.52. The zero-order valence-corrected chi connectivity index (χ0v) is 7.21. The van der Waals surface area contributed by atoms with Gasteiger partial charge in [0.25, 0.3) is 0 Å². The summed E-state index contributed by atoms with van der Waals surface area (Å²) >= 11 is 0. The molecule has 1 heterocycles. The number of fused-ring (bicyclic) bond motifs is 1. The highest BCUT2D eigenvalue weighted by Crippen LogP contribution is 2.23. The van der Waals surface area contributed by atoms with E-state index in [9.17, 15) is 9.50 Å². The van der Waals surface area contributed by atoms with Crippen molar-refractivity contribution in [1.29, 1.82) is 0 Å². The molecule has 0 amide bonds. The fraction of sp³-hybridized carbons (Fsp3) is 0.200. The summed E-state index contributed by atoms with van der Waals surface area (Å²) in [7, 11) is 0. The summed E-state index contributed by atoms with van der Waals surface area (Å²) in [6.45, 7) is 1.55. The molecular formula is C10H10FNO. The maximum atomic E-state index is 13.6. The molecule has 0 fully saturated rings. The molecule has 2 N–H and O–H groups in total. The molecule has 0 saturated carbocycles. The molecule has 1 aromatic carbocycles. The topological polar surface area (TPSA) is 36.0 Å². The normalized spacial score (nSPS) is 13.5. The van der Waals surface area contributed by atoms with Crippen molar-refractivity contribution in [3.05, 3.63) is 35.8 Å². The Morgan fingerprint density at radius 1 is 1.38 bits per heavy atom. The second-order valence-corrected chi connectivity index (χ2v) is 3.09. The fourth-order valence-electron chi connectivity index (χ4n) is 1.43. The number of nitrogens with one attached hydrogen (secondary N) is 1. The second kappa shape index (κ2) is 2.85. The van der Waals surface area contributed by atoms with Crippen LogP contribution in [0.2, 0.25) is 0 Å². The summed E-state index contributed by atoms with van der Waals surface area (Å²) in [6.07, 6.45) is 0.909. The van der Waals surface area contributed by atoms with Gasteiger partial charge in [0.1, 0.15) is 0 Å². The Morgan fingerprint density at radius 3 is 2.85 bits per heavy atom. The van der Waals surface area contributed by atoms with Gasteiger partial charge in [0.05, 0.1) is 11.6 Å². The van der Waals surface area contributed by atoms with Crippen molar-refractivity contribution in [2.45, 2.75) is 13.0 Å². The summed E-state index contributed by atoms with van der Waals surface area (Å²) in [4.78, 5) is 2.80. The molecule has 0 aliphatic heterocycles. The Balaban J connectivity index is 2.73. The summed E-state index contributed by atoms with van der Waals surface area (Å²) < 4.78 is 13.6. The van der Waals surface area contributed by atoms with Gasteiger partial charge in [-0.3, -0.25) is 0 Å². The van der Waals surface area contributed by atoms with Crippen LogP contribution in [0.5, 0.6) is 0 Å². The van der Waals surface area contributed by atoms with Crippen LogP contribution in [0.25, 0.3) is 10.9 Å². The maximum absolute atomic E-state index is 13.6. The maximum Gasteiger partial charge on any atom is 0.153 e. The highest BCUT2D eigenvalue weighted by atomic mass is 19.1. The lowest BCUT2D eigenvalue weighted by molar-refractivity contribution is 0.194. The van der Waals surface area contributed by atoms with Crippen LogP contribution >= 0.6 is 0 Å². The minimum atomic E-state index is -0.771. The van der Waals surface area contributed by atoms with Gasteiger partial charge in [-0.05, 0) is 13.0 Å². The van der Waals surface area contributed by atoms with E-state index in [1.807, 2.05) is 0 Å². The van der Waals surface area contributed by atoms with Crippen molar-refractivity contribution in [2.75, 3.05) is 0 Å². The Bertz CT molecular complexity index is 433. The van der Waals surface area contributed by atoms with Crippen molar-refractivity contribution < 1.29 is 9.50 Å².